The Balaban J connectivity index is 2.43. The van der Waals surface area contributed by atoms with Gasteiger partial charge in [-0.3, -0.25) is 0 Å². The van der Waals surface area contributed by atoms with Crippen LogP contribution in [-0.4, -0.2) is 9.55 Å². The van der Waals surface area contributed by atoms with Gasteiger partial charge < -0.3 is 4.57 Å². The van der Waals surface area contributed by atoms with Crippen molar-refractivity contribution in [3.8, 4) is 10.7 Å². The molecule has 2 rings (SSSR count). The third-order valence-corrected chi connectivity index (χ3v) is 3.73. The zero-order valence-corrected chi connectivity index (χ0v) is 11.4. The minimum absolute atomic E-state index is 0.134. The number of rotatable bonds is 1. The van der Waals surface area contributed by atoms with Crippen molar-refractivity contribution in [2.24, 2.45) is 7.05 Å². The second-order valence-electron chi connectivity index (χ2n) is 5.21. The number of nitrogens with zero attached hydrogens (tertiary/aromatic N) is 2. The predicted octanol–water partition coefficient (Wildman–Crippen LogP) is 3.75. The molecule has 0 spiro atoms. The van der Waals surface area contributed by atoms with Gasteiger partial charge in [-0.05, 0) is 19.1 Å². The largest absolute Gasteiger partial charge is 0.346 e. The van der Waals surface area contributed by atoms with E-state index in [1.165, 1.54) is 17.1 Å². The van der Waals surface area contributed by atoms with Crippen LogP contribution in [0.4, 0.5) is 0 Å². The van der Waals surface area contributed by atoms with Gasteiger partial charge in [0.15, 0.2) is 0 Å². The number of aryl methyl sites for hydroxylation is 1. The van der Waals surface area contributed by atoms with Gasteiger partial charge >= 0.3 is 0 Å². The molecule has 3 heteroatoms. The lowest BCUT2D eigenvalue weighted by atomic mass is 9.93. The average molecular weight is 234 g/mol. The van der Waals surface area contributed by atoms with Crippen LogP contribution < -0.4 is 0 Å². The first-order valence-electron chi connectivity index (χ1n) is 5.48. The number of thiazole rings is 1. The van der Waals surface area contributed by atoms with Crippen LogP contribution in [0.3, 0.4) is 0 Å². The van der Waals surface area contributed by atoms with E-state index in [9.17, 15) is 0 Å². The molecule has 86 valence electrons. The summed E-state index contributed by atoms with van der Waals surface area (Å²) in [6.07, 6.45) is 0. The van der Waals surface area contributed by atoms with Crippen molar-refractivity contribution in [2.75, 3.05) is 0 Å². The molecule has 0 aromatic carbocycles. The molecule has 0 aliphatic carbocycles. The van der Waals surface area contributed by atoms with Crippen LogP contribution in [0.1, 0.15) is 32.2 Å². The maximum absolute atomic E-state index is 4.72. The fourth-order valence-corrected chi connectivity index (χ4v) is 2.67. The maximum atomic E-state index is 4.72. The highest BCUT2D eigenvalue weighted by atomic mass is 32.1. The van der Waals surface area contributed by atoms with Gasteiger partial charge in [0.2, 0.25) is 0 Å². The molecule has 0 amide bonds. The summed E-state index contributed by atoms with van der Waals surface area (Å²) in [6.45, 7) is 8.70. The van der Waals surface area contributed by atoms with E-state index in [0.717, 1.165) is 5.01 Å². The summed E-state index contributed by atoms with van der Waals surface area (Å²) in [5.74, 6) is 0. The van der Waals surface area contributed by atoms with Crippen LogP contribution in [-0.2, 0) is 12.5 Å². The number of aromatic nitrogens is 2. The van der Waals surface area contributed by atoms with Gasteiger partial charge in [-0.2, -0.15) is 0 Å². The average Bonchev–Trinajstić information content (AvgIpc) is 2.74. The van der Waals surface area contributed by atoms with Gasteiger partial charge in [0.1, 0.15) is 5.01 Å². The molecule has 0 N–H and O–H groups in total. The Labute approximate surface area is 101 Å². The molecule has 2 aromatic rings. The molecule has 0 aliphatic heterocycles. The van der Waals surface area contributed by atoms with Gasteiger partial charge in [0.05, 0.1) is 11.4 Å². The molecule has 0 fully saturated rings. The van der Waals surface area contributed by atoms with E-state index in [0.29, 0.717) is 0 Å². The first kappa shape index (κ1) is 11.4. The summed E-state index contributed by atoms with van der Waals surface area (Å²) < 4.78 is 2.19. The highest BCUT2D eigenvalue weighted by Crippen LogP contribution is 2.30. The van der Waals surface area contributed by atoms with Crippen LogP contribution in [0, 0.1) is 6.92 Å². The quantitative estimate of drug-likeness (QED) is 0.734. The molecular formula is C13H18N2S. The van der Waals surface area contributed by atoms with Crippen LogP contribution in [0.5, 0.6) is 0 Å². The summed E-state index contributed by atoms with van der Waals surface area (Å²) in [5.41, 5.74) is 3.78. The number of hydrogen-bond acceptors (Lipinski definition) is 2. The van der Waals surface area contributed by atoms with E-state index in [1.807, 2.05) is 0 Å². The zero-order valence-electron chi connectivity index (χ0n) is 10.5. The van der Waals surface area contributed by atoms with Crippen molar-refractivity contribution in [2.45, 2.75) is 33.1 Å². The van der Waals surface area contributed by atoms with Crippen LogP contribution in [0.25, 0.3) is 10.7 Å². The summed E-state index contributed by atoms with van der Waals surface area (Å²) in [5, 5.41) is 3.28. The standard InChI is InChI=1S/C13H18N2S/c1-9-6-7-10(15(9)5)12-14-11(8-16-12)13(2,3)4/h6-8H,1-5H3. The fourth-order valence-electron chi connectivity index (χ4n) is 1.56. The van der Waals surface area contributed by atoms with Gasteiger partial charge in [-0.15, -0.1) is 11.3 Å². The highest BCUT2D eigenvalue weighted by molar-refractivity contribution is 7.13. The molecule has 0 atom stereocenters. The number of hydrogen-bond donors (Lipinski definition) is 0. The fraction of sp³-hybridized carbons (Fsp3) is 0.462. The first-order valence-corrected chi connectivity index (χ1v) is 6.36. The second kappa shape index (κ2) is 3.74. The van der Waals surface area contributed by atoms with Crippen molar-refractivity contribution in [3.05, 3.63) is 28.9 Å². The summed E-state index contributed by atoms with van der Waals surface area (Å²) in [4.78, 5) is 4.72. The van der Waals surface area contributed by atoms with Crippen LogP contribution >= 0.6 is 11.3 Å². The Morgan fingerprint density at radius 3 is 2.38 bits per heavy atom. The Kier molecular flexibility index (Phi) is 2.66. The van der Waals surface area contributed by atoms with Crippen LogP contribution in [0.15, 0.2) is 17.5 Å². The molecule has 0 saturated carbocycles. The van der Waals surface area contributed by atoms with Crippen molar-refractivity contribution < 1.29 is 0 Å². The Morgan fingerprint density at radius 1 is 1.25 bits per heavy atom. The van der Waals surface area contributed by atoms with Gasteiger partial charge in [-0.1, -0.05) is 20.8 Å². The molecule has 2 heterocycles. The van der Waals surface area contributed by atoms with E-state index in [2.05, 4.69) is 56.8 Å². The van der Waals surface area contributed by atoms with E-state index < -0.39 is 0 Å². The van der Waals surface area contributed by atoms with Gasteiger partial charge in [0, 0.05) is 23.5 Å². The predicted molar refractivity (Wildman–Crippen MR) is 70.0 cm³/mol. The first-order chi connectivity index (χ1) is 7.39. The van der Waals surface area contributed by atoms with E-state index in [4.69, 9.17) is 4.98 Å². The second-order valence-corrected chi connectivity index (χ2v) is 6.06. The van der Waals surface area contributed by atoms with Gasteiger partial charge in [-0.25, -0.2) is 4.98 Å². The summed E-state index contributed by atoms with van der Waals surface area (Å²) >= 11 is 1.73. The zero-order chi connectivity index (χ0) is 11.9. The molecule has 0 unspecified atom stereocenters. The molecule has 2 aromatic heterocycles. The van der Waals surface area contributed by atoms with Crippen molar-refractivity contribution in [1.82, 2.24) is 9.55 Å². The molecule has 0 saturated heterocycles. The lowest BCUT2D eigenvalue weighted by Crippen LogP contribution is -2.11. The molecule has 0 radical (unpaired) electrons. The Hall–Kier alpha value is -1.09. The van der Waals surface area contributed by atoms with E-state index in [1.54, 1.807) is 11.3 Å². The van der Waals surface area contributed by atoms with Crippen molar-refractivity contribution in [1.29, 1.82) is 0 Å². The SMILES string of the molecule is Cc1ccc(-c2nc(C(C)(C)C)cs2)n1C. The van der Waals surface area contributed by atoms with Crippen molar-refractivity contribution in [3.63, 3.8) is 0 Å². The van der Waals surface area contributed by atoms with E-state index in [-0.39, 0.29) is 5.41 Å². The minimum Gasteiger partial charge on any atom is -0.346 e. The molecule has 16 heavy (non-hydrogen) atoms. The van der Waals surface area contributed by atoms with Crippen molar-refractivity contribution >= 4 is 11.3 Å². The van der Waals surface area contributed by atoms with E-state index >= 15 is 0 Å². The normalized spacial score (nSPS) is 12.1. The topological polar surface area (TPSA) is 17.8 Å². The minimum atomic E-state index is 0.134. The third-order valence-electron chi connectivity index (χ3n) is 2.86. The lowest BCUT2D eigenvalue weighted by molar-refractivity contribution is 0.573. The lowest BCUT2D eigenvalue weighted by Gasteiger charge is -2.14. The molecular weight excluding hydrogens is 216 g/mol. The maximum Gasteiger partial charge on any atom is 0.140 e. The van der Waals surface area contributed by atoms with Crippen LogP contribution in [0.2, 0.25) is 0 Å². The summed E-state index contributed by atoms with van der Waals surface area (Å²) in [7, 11) is 2.09. The summed E-state index contributed by atoms with van der Waals surface area (Å²) in [6, 6.07) is 4.27. The Bertz CT molecular complexity index is 500. The Morgan fingerprint density at radius 2 is 1.94 bits per heavy atom. The third kappa shape index (κ3) is 1.92. The molecule has 2 nitrogen and oxygen atoms in total. The smallest absolute Gasteiger partial charge is 0.140 e. The highest BCUT2D eigenvalue weighted by Gasteiger charge is 2.18. The molecule has 0 aliphatic rings. The monoisotopic (exact) mass is 234 g/mol. The van der Waals surface area contributed by atoms with Gasteiger partial charge in [0.25, 0.3) is 0 Å². The molecule has 0 bridgehead atoms.